The summed E-state index contributed by atoms with van der Waals surface area (Å²) >= 11 is 7.15. The van der Waals surface area contributed by atoms with Crippen molar-refractivity contribution in [2.45, 2.75) is 13.3 Å². The van der Waals surface area contributed by atoms with E-state index in [1.807, 2.05) is 61.5 Å². The molecule has 0 bridgehead atoms. The molecule has 2 N–H and O–H groups in total. The van der Waals surface area contributed by atoms with E-state index in [1.165, 1.54) is 23.5 Å². The van der Waals surface area contributed by atoms with Crippen LogP contribution >= 0.6 is 22.9 Å². The lowest BCUT2D eigenvalue weighted by atomic mass is 10.0. The molecule has 0 radical (unpaired) electrons. The van der Waals surface area contributed by atoms with Gasteiger partial charge < -0.3 is 10.6 Å². The minimum Gasteiger partial charge on any atom is -0.321 e. The van der Waals surface area contributed by atoms with E-state index in [-0.39, 0.29) is 16.5 Å². The van der Waals surface area contributed by atoms with Gasteiger partial charge in [-0.25, -0.2) is 4.39 Å². The molecule has 0 aliphatic carbocycles. The molecule has 7 heteroatoms. The highest BCUT2D eigenvalue weighted by atomic mass is 35.5. The van der Waals surface area contributed by atoms with Crippen LogP contribution in [0.15, 0.2) is 78.9 Å². The van der Waals surface area contributed by atoms with Gasteiger partial charge in [-0.15, -0.1) is 11.3 Å². The van der Waals surface area contributed by atoms with Gasteiger partial charge in [-0.2, -0.15) is 0 Å². The topological polar surface area (TPSA) is 58.2 Å². The second-order valence-corrected chi connectivity index (χ2v) is 8.93. The summed E-state index contributed by atoms with van der Waals surface area (Å²) < 4.78 is 13.3. The van der Waals surface area contributed by atoms with Gasteiger partial charge >= 0.3 is 0 Å². The molecule has 33 heavy (non-hydrogen) atoms. The number of rotatable bonds is 6. The fourth-order valence-electron chi connectivity index (χ4n) is 3.41. The lowest BCUT2D eigenvalue weighted by molar-refractivity contribution is 0.102. The maximum Gasteiger partial charge on any atom is 0.266 e. The van der Waals surface area contributed by atoms with Crippen molar-refractivity contribution >= 4 is 45.4 Å². The maximum atomic E-state index is 13.3. The summed E-state index contributed by atoms with van der Waals surface area (Å²) in [6.45, 7) is 1.81. The van der Waals surface area contributed by atoms with Gasteiger partial charge in [0.15, 0.2) is 0 Å². The second kappa shape index (κ2) is 9.98. The average Bonchev–Trinajstić information content (AvgIpc) is 3.15. The van der Waals surface area contributed by atoms with Gasteiger partial charge in [0, 0.05) is 5.69 Å². The Morgan fingerprint density at radius 1 is 0.909 bits per heavy atom. The summed E-state index contributed by atoms with van der Waals surface area (Å²) in [7, 11) is 0. The van der Waals surface area contributed by atoms with Crippen molar-refractivity contribution in [2.75, 3.05) is 10.6 Å². The molecule has 0 fully saturated rings. The fraction of sp³-hybridized carbons (Fsp3) is 0.0769. The van der Waals surface area contributed by atoms with Gasteiger partial charge in [-0.3, -0.25) is 9.59 Å². The zero-order valence-corrected chi connectivity index (χ0v) is 19.3. The predicted molar refractivity (Wildman–Crippen MR) is 132 cm³/mol. The molecule has 2 amide bonds. The van der Waals surface area contributed by atoms with Crippen molar-refractivity contribution in [2.24, 2.45) is 0 Å². The van der Waals surface area contributed by atoms with Gasteiger partial charge in [-0.1, -0.05) is 60.1 Å². The second-order valence-electron chi connectivity index (χ2n) is 7.47. The van der Waals surface area contributed by atoms with Crippen LogP contribution in [0, 0.1) is 12.7 Å². The van der Waals surface area contributed by atoms with Gasteiger partial charge in [0.2, 0.25) is 0 Å². The molecule has 0 unspecified atom stereocenters. The highest BCUT2D eigenvalue weighted by Crippen LogP contribution is 2.29. The maximum absolute atomic E-state index is 13.3. The van der Waals surface area contributed by atoms with Crippen molar-refractivity contribution in [3.05, 3.63) is 117 Å². The predicted octanol–water partition coefficient (Wildman–Crippen LogP) is 6.94. The first-order valence-electron chi connectivity index (χ1n) is 10.2. The van der Waals surface area contributed by atoms with Crippen molar-refractivity contribution in [1.29, 1.82) is 0 Å². The molecule has 0 atom stereocenters. The first kappa shape index (κ1) is 22.7. The van der Waals surface area contributed by atoms with E-state index >= 15 is 0 Å². The van der Waals surface area contributed by atoms with E-state index in [1.54, 1.807) is 6.07 Å². The molecule has 0 saturated heterocycles. The number of aryl methyl sites for hydroxylation is 1. The number of amides is 2. The Labute approximate surface area is 200 Å². The molecule has 0 aliphatic rings. The summed E-state index contributed by atoms with van der Waals surface area (Å²) in [6.07, 6.45) is 0.695. The normalized spacial score (nSPS) is 10.6. The summed E-state index contributed by atoms with van der Waals surface area (Å²) in [5, 5.41) is 6.26. The standard InChI is InChI=1S/C26H20ClFN2O2S/c1-16-13-23(30-25(31)20-12-11-19(28)15-21(20)27)33-24(16)26(32)29-22-10-6-5-9-18(22)14-17-7-3-2-4-8-17/h2-13,15H,14H2,1H3,(H,29,32)(H,30,31). The summed E-state index contributed by atoms with van der Waals surface area (Å²) in [4.78, 5) is 26.0. The monoisotopic (exact) mass is 478 g/mol. The molecule has 1 aromatic heterocycles. The van der Waals surface area contributed by atoms with Gasteiger partial charge in [0.1, 0.15) is 5.82 Å². The summed E-state index contributed by atoms with van der Waals surface area (Å²) in [6, 6.07) is 23.0. The van der Waals surface area contributed by atoms with Crippen LogP contribution in [0.4, 0.5) is 15.1 Å². The summed E-state index contributed by atoms with van der Waals surface area (Å²) in [5.74, 6) is -1.24. The molecule has 0 aliphatic heterocycles. The van der Waals surface area contributed by atoms with E-state index in [0.29, 0.717) is 16.3 Å². The van der Waals surface area contributed by atoms with Crippen LogP contribution in [0.3, 0.4) is 0 Å². The fourth-order valence-corrected chi connectivity index (χ4v) is 4.63. The third kappa shape index (κ3) is 5.48. The number of benzene rings is 3. The smallest absolute Gasteiger partial charge is 0.266 e. The highest BCUT2D eigenvalue weighted by Gasteiger charge is 2.18. The van der Waals surface area contributed by atoms with Crippen molar-refractivity contribution in [1.82, 2.24) is 0 Å². The Morgan fingerprint density at radius 3 is 2.39 bits per heavy atom. The van der Waals surface area contributed by atoms with E-state index < -0.39 is 11.7 Å². The van der Waals surface area contributed by atoms with E-state index in [4.69, 9.17) is 11.6 Å². The van der Waals surface area contributed by atoms with E-state index in [2.05, 4.69) is 10.6 Å². The molecular formula is C26H20ClFN2O2S. The lowest BCUT2D eigenvalue weighted by Gasteiger charge is -2.11. The van der Waals surface area contributed by atoms with Gasteiger partial charge in [-0.05, 0) is 60.4 Å². The van der Waals surface area contributed by atoms with Crippen LogP contribution < -0.4 is 10.6 Å². The molecule has 166 valence electrons. The zero-order chi connectivity index (χ0) is 23.4. The molecule has 0 spiro atoms. The number of carbonyl (C=O) groups is 2. The number of thiophene rings is 1. The van der Waals surface area contributed by atoms with Crippen LogP contribution in [0.25, 0.3) is 0 Å². The first-order valence-corrected chi connectivity index (χ1v) is 11.4. The van der Waals surface area contributed by atoms with E-state index in [9.17, 15) is 14.0 Å². The Balaban J connectivity index is 1.50. The largest absolute Gasteiger partial charge is 0.321 e. The minimum atomic E-state index is -0.518. The average molecular weight is 479 g/mol. The Morgan fingerprint density at radius 2 is 1.64 bits per heavy atom. The molecule has 4 rings (SSSR count). The van der Waals surface area contributed by atoms with Crippen LogP contribution in [0.2, 0.25) is 5.02 Å². The number of para-hydroxylation sites is 1. The van der Waals surface area contributed by atoms with Gasteiger partial charge in [0.25, 0.3) is 11.8 Å². The Hall–Kier alpha value is -3.48. The number of carbonyl (C=O) groups excluding carboxylic acids is 2. The molecular weight excluding hydrogens is 459 g/mol. The Kier molecular flexibility index (Phi) is 6.87. The highest BCUT2D eigenvalue weighted by molar-refractivity contribution is 7.18. The summed E-state index contributed by atoms with van der Waals surface area (Å²) in [5.41, 5.74) is 3.79. The van der Waals surface area contributed by atoms with E-state index in [0.717, 1.165) is 28.4 Å². The number of halogens is 2. The van der Waals surface area contributed by atoms with Crippen molar-refractivity contribution in [3.8, 4) is 0 Å². The van der Waals surface area contributed by atoms with Crippen molar-refractivity contribution in [3.63, 3.8) is 0 Å². The third-order valence-electron chi connectivity index (χ3n) is 5.04. The van der Waals surface area contributed by atoms with Gasteiger partial charge in [0.05, 0.1) is 20.5 Å². The number of hydrogen-bond donors (Lipinski definition) is 2. The number of nitrogens with one attached hydrogen (secondary N) is 2. The molecule has 1 heterocycles. The molecule has 4 nitrogen and oxygen atoms in total. The van der Waals surface area contributed by atoms with Crippen LogP contribution in [0.5, 0.6) is 0 Å². The SMILES string of the molecule is Cc1cc(NC(=O)c2ccc(F)cc2Cl)sc1C(=O)Nc1ccccc1Cc1ccccc1. The number of hydrogen-bond acceptors (Lipinski definition) is 3. The minimum absolute atomic E-state index is 0.0220. The van der Waals surface area contributed by atoms with Crippen LogP contribution in [0.1, 0.15) is 36.7 Å². The van der Waals surface area contributed by atoms with Crippen LogP contribution in [-0.2, 0) is 6.42 Å². The molecule has 3 aromatic carbocycles. The Bertz CT molecular complexity index is 1320. The number of anilines is 2. The molecule has 0 saturated carbocycles. The zero-order valence-electron chi connectivity index (χ0n) is 17.7. The lowest BCUT2D eigenvalue weighted by Crippen LogP contribution is -2.13. The third-order valence-corrected chi connectivity index (χ3v) is 6.50. The first-order chi connectivity index (χ1) is 15.9. The quantitative estimate of drug-likeness (QED) is 0.315. The molecule has 4 aromatic rings. The van der Waals surface area contributed by atoms with Crippen LogP contribution in [-0.4, -0.2) is 11.8 Å². The van der Waals surface area contributed by atoms with Crippen molar-refractivity contribution < 1.29 is 14.0 Å².